The molecule has 0 saturated carbocycles. The third kappa shape index (κ3) is 4.43. The van der Waals surface area contributed by atoms with Gasteiger partial charge >= 0.3 is 6.03 Å². The van der Waals surface area contributed by atoms with Gasteiger partial charge in [-0.25, -0.2) is 4.79 Å². The zero-order valence-corrected chi connectivity index (χ0v) is 19.6. The molecule has 2 fully saturated rings. The number of hydrogen-bond donors (Lipinski definition) is 2. The van der Waals surface area contributed by atoms with Crippen LogP contribution in [0.15, 0.2) is 48.5 Å². The number of hydrogen-bond acceptors (Lipinski definition) is 5. The number of carbonyl (C=O) groups is 4. The summed E-state index contributed by atoms with van der Waals surface area (Å²) in [5.41, 5.74) is 2.20. The van der Waals surface area contributed by atoms with Crippen LogP contribution in [-0.2, 0) is 15.1 Å². The summed E-state index contributed by atoms with van der Waals surface area (Å²) in [6.07, 6.45) is 0.837. The lowest BCUT2D eigenvalue weighted by molar-refractivity contribution is -0.141. The molecule has 34 heavy (non-hydrogen) atoms. The Hall–Kier alpha value is -3.59. The quantitative estimate of drug-likeness (QED) is 0.634. The standard InChI is InChI=1S/C24H25ClN4O5/c1-24(17-4-3-5-19(14-17)34-2)22(32)29(23(33)26-24)27-20(30)15-10-12-28(13-11-15)21(31)16-6-8-18(25)9-7-16/h3-9,14-15H,10-13H2,1-2H3,(H,26,33)(H,27,30)/t24-/m0/s1. The van der Waals surface area contributed by atoms with Crippen LogP contribution in [0.2, 0.25) is 5.02 Å². The molecule has 2 N–H and O–H groups in total. The molecule has 2 aliphatic rings. The van der Waals surface area contributed by atoms with Crippen molar-refractivity contribution in [3.8, 4) is 5.75 Å². The Morgan fingerprint density at radius 2 is 1.79 bits per heavy atom. The predicted octanol–water partition coefficient (Wildman–Crippen LogP) is 2.70. The molecule has 2 saturated heterocycles. The number of halogens is 1. The number of methoxy groups -OCH3 is 1. The lowest BCUT2D eigenvalue weighted by atomic mass is 9.92. The average molecular weight is 485 g/mol. The van der Waals surface area contributed by atoms with Crippen LogP contribution in [0.1, 0.15) is 35.7 Å². The van der Waals surface area contributed by atoms with Crippen LogP contribution in [0.5, 0.6) is 5.75 Å². The number of amides is 5. The van der Waals surface area contributed by atoms with E-state index in [1.807, 2.05) is 0 Å². The number of imide groups is 1. The van der Waals surface area contributed by atoms with Crippen molar-refractivity contribution in [1.29, 1.82) is 0 Å². The van der Waals surface area contributed by atoms with Crippen LogP contribution >= 0.6 is 11.6 Å². The smallest absolute Gasteiger partial charge is 0.344 e. The summed E-state index contributed by atoms with van der Waals surface area (Å²) in [6.45, 7) is 2.36. The molecule has 2 heterocycles. The fraction of sp³-hybridized carbons (Fsp3) is 0.333. The number of nitrogens with zero attached hydrogens (tertiary/aromatic N) is 2. The van der Waals surface area contributed by atoms with E-state index in [4.69, 9.17) is 16.3 Å². The van der Waals surface area contributed by atoms with Gasteiger partial charge in [-0.15, -0.1) is 0 Å². The fourth-order valence-corrected chi connectivity index (χ4v) is 4.32. The number of urea groups is 1. The highest BCUT2D eigenvalue weighted by Gasteiger charge is 2.50. The Morgan fingerprint density at radius 3 is 2.44 bits per heavy atom. The molecule has 0 unspecified atom stereocenters. The van der Waals surface area contributed by atoms with Crippen molar-refractivity contribution in [3.63, 3.8) is 0 Å². The molecular weight excluding hydrogens is 460 g/mol. The van der Waals surface area contributed by atoms with Gasteiger partial charge in [0, 0.05) is 29.6 Å². The largest absolute Gasteiger partial charge is 0.497 e. The van der Waals surface area contributed by atoms with Crippen LogP contribution < -0.4 is 15.5 Å². The van der Waals surface area contributed by atoms with E-state index < -0.39 is 29.3 Å². The minimum Gasteiger partial charge on any atom is -0.497 e. The highest BCUT2D eigenvalue weighted by Crippen LogP contribution is 2.30. The maximum absolute atomic E-state index is 13.1. The molecular formula is C24H25ClN4O5. The summed E-state index contributed by atoms with van der Waals surface area (Å²) in [5.74, 6) is -1.04. The van der Waals surface area contributed by atoms with E-state index in [2.05, 4.69) is 10.7 Å². The molecule has 0 aliphatic carbocycles. The zero-order valence-electron chi connectivity index (χ0n) is 18.8. The summed E-state index contributed by atoms with van der Waals surface area (Å²) < 4.78 is 5.21. The number of carbonyl (C=O) groups excluding carboxylic acids is 4. The summed E-state index contributed by atoms with van der Waals surface area (Å²) in [7, 11) is 1.51. The maximum Gasteiger partial charge on any atom is 0.344 e. The molecule has 178 valence electrons. The summed E-state index contributed by atoms with van der Waals surface area (Å²) in [4.78, 5) is 52.9. The molecule has 9 nitrogen and oxygen atoms in total. The van der Waals surface area contributed by atoms with E-state index in [-0.39, 0.29) is 5.91 Å². The van der Waals surface area contributed by atoms with Crippen molar-refractivity contribution < 1.29 is 23.9 Å². The summed E-state index contributed by atoms with van der Waals surface area (Å²) in [5, 5.41) is 3.94. The molecule has 0 radical (unpaired) electrons. The topological polar surface area (TPSA) is 108 Å². The predicted molar refractivity (Wildman–Crippen MR) is 124 cm³/mol. The van der Waals surface area contributed by atoms with Gasteiger partial charge in [-0.2, -0.15) is 5.01 Å². The van der Waals surface area contributed by atoms with E-state index >= 15 is 0 Å². The molecule has 0 aromatic heterocycles. The van der Waals surface area contributed by atoms with Crippen LogP contribution in [0, 0.1) is 5.92 Å². The minimum atomic E-state index is -1.34. The van der Waals surface area contributed by atoms with Crippen LogP contribution in [-0.4, -0.2) is 53.9 Å². The van der Waals surface area contributed by atoms with E-state index in [0.717, 1.165) is 5.01 Å². The van der Waals surface area contributed by atoms with Crippen molar-refractivity contribution in [3.05, 3.63) is 64.7 Å². The second-order valence-corrected chi connectivity index (χ2v) is 8.91. The first-order valence-electron chi connectivity index (χ1n) is 10.9. The Labute approximate surface area is 202 Å². The average Bonchev–Trinajstić information content (AvgIpc) is 3.08. The van der Waals surface area contributed by atoms with Gasteiger partial charge in [0.2, 0.25) is 5.91 Å². The number of piperidine rings is 1. The van der Waals surface area contributed by atoms with Gasteiger partial charge in [0.05, 0.1) is 7.11 Å². The number of benzene rings is 2. The Morgan fingerprint density at radius 1 is 1.12 bits per heavy atom. The summed E-state index contributed by atoms with van der Waals surface area (Å²) >= 11 is 5.88. The molecule has 0 bridgehead atoms. The van der Waals surface area contributed by atoms with E-state index in [9.17, 15) is 19.2 Å². The Balaban J connectivity index is 1.37. The first-order valence-corrected chi connectivity index (χ1v) is 11.3. The second kappa shape index (κ2) is 9.34. The second-order valence-electron chi connectivity index (χ2n) is 8.48. The molecule has 10 heteroatoms. The molecule has 2 aromatic rings. The Kier molecular flexibility index (Phi) is 6.47. The van der Waals surface area contributed by atoms with Gasteiger partial charge in [-0.3, -0.25) is 19.8 Å². The van der Waals surface area contributed by atoms with E-state index in [1.165, 1.54) is 7.11 Å². The molecule has 2 aromatic carbocycles. The van der Waals surface area contributed by atoms with Gasteiger partial charge in [-0.05, 0) is 61.7 Å². The maximum atomic E-state index is 13.1. The lowest BCUT2D eigenvalue weighted by Gasteiger charge is -2.32. The highest BCUT2D eigenvalue weighted by molar-refractivity contribution is 6.30. The van der Waals surface area contributed by atoms with Crippen molar-refractivity contribution >= 4 is 35.4 Å². The molecule has 0 spiro atoms. The number of ether oxygens (including phenoxy) is 1. The minimum absolute atomic E-state index is 0.126. The van der Waals surface area contributed by atoms with Gasteiger partial charge in [0.25, 0.3) is 11.8 Å². The van der Waals surface area contributed by atoms with Crippen LogP contribution in [0.4, 0.5) is 4.79 Å². The van der Waals surface area contributed by atoms with Crippen molar-refractivity contribution in [1.82, 2.24) is 20.7 Å². The molecule has 5 amide bonds. The van der Waals surface area contributed by atoms with E-state index in [0.29, 0.717) is 47.8 Å². The first-order chi connectivity index (χ1) is 16.2. The molecule has 1 atom stereocenters. The van der Waals surface area contributed by atoms with Crippen LogP contribution in [0.3, 0.4) is 0 Å². The van der Waals surface area contributed by atoms with Gasteiger partial charge in [0.15, 0.2) is 0 Å². The van der Waals surface area contributed by atoms with Crippen molar-refractivity contribution in [2.75, 3.05) is 20.2 Å². The number of nitrogens with one attached hydrogen (secondary N) is 2. The van der Waals surface area contributed by atoms with Crippen LogP contribution in [0.25, 0.3) is 0 Å². The number of rotatable bonds is 5. The highest BCUT2D eigenvalue weighted by atomic mass is 35.5. The van der Waals surface area contributed by atoms with Gasteiger partial charge in [0.1, 0.15) is 11.3 Å². The normalized spacial score (nSPS) is 20.8. The van der Waals surface area contributed by atoms with E-state index in [1.54, 1.807) is 60.4 Å². The third-order valence-corrected chi connectivity index (χ3v) is 6.56. The van der Waals surface area contributed by atoms with Gasteiger partial charge in [-0.1, -0.05) is 23.7 Å². The SMILES string of the molecule is COc1cccc([C@]2(C)NC(=O)N(NC(=O)C3CCN(C(=O)c4ccc(Cl)cc4)CC3)C2=O)c1. The lowest BCUT2D eigenvalue weighted by Crippen LogP contribution is -2.51. The zero-order chi connectivity index (χ0) is 24.5. The van der Waals surface area contributed by atoms with Crippen molar-refractivity contribution in [2.24, 2.45) is 5.92 Å². The third-order valence-electron chi connectivity index (χ3n) is 6.30. The number of hydrazine groups is 1. The van der Waals surface area contributed by atoms with Crippen molar-refractivity contribution in [2.45, 2.75) is 25.3 Å². The summed E-state index contributed by atoms with van der Waals surface area (Å²) in [6, 6.07) is 12.8. The number of likely N-dealkylation sites (tertiary alicyclic amines) is 1. The Bertz CT molecular complexity index is 1130. The van der Waals surface area contributed by atoms with Gasteiger partial charge < -0.3 is 15.0 Å². The molecule has 2 aliphatic heterocycles. The monoisotopic (exact) mass is 484 g/mol. The first kappa shape index (κ1) is 23.6. The fourth-order valence-electron chi connectivity index (χ4n) is 4.19. The molecule has 4 rings (SSSR count).